The minimum Gasteiger partial charge on any atom is -0.476 e. The molecule has 1 aromatic rings. The van der Waals surface area contributed by atoms with Crippen molar-refractivity contribution in [2.45, 2.75) is 19.4 Å². The number of aromatic nitrogens is 1. The number of rotatable bonds is 7. The lowest BCUT2D eigenvalue weighted by Crippen LogP contribution is -2.36. The van der Waals surface area contributed by atoms with E-state index in [0.29, 0.717) is 36.3 Å². The summed E-state index contributed by atoms with van der Waals surface area (Å²) < 4.78 is 5.31. The standard InChI is InChI=1S/C12H21N3O2S/c1-4-17-11-9(13)5-6-10(15-11)14-7-12(2,16)8-18-3/h5-6,16H,4,7-8,13H2,1-3H3,(H,14,15). The van der Waals surface area contributed by atoms with Crippen LogP contribution in [0, 0.1) is 0 Å². The molecule has 1 heterocycles. The van der Waals surface area contributed by atoms with Gasteiger partial charge in [0.2, 0.25) is 5.88 Å². The van der Waals surface area contributed by atoms with E-state index in [-0.39, 0.29) is 0 Å². The normalized spacial score (nSPS) is 14.0. The zero-order chi connectivity index (χ0) is 13.6. The van der Waals surface area contributed by atoms with E-state index in [4.69, 9.17) is 10.5 Å². The Morgan fingerprint density at radius 2 is 2.28 bits per heavy atom. The van der Waals surface area contributed by atoms with Crippen molar-refractivity contribution in [1.29, 1.82) is 0 Å². The van der Waals surface area contributed by atoms with Crippen LogP contribution in [0.2, 0.25) is 0 Å². The lowest BCUT2D eigenvalue weighted by molar-refractivity contribution is 0.0996. The van der Waals surface area contributed by atoms with Crippen LogP contribution in [-0.4, -0.2) is 40.9 Å². The molecule has 6 heteroatoms. The third kappa shape index (κ3) is 4.62. The lowest BCUT2D eigenvalue weighted by atomic mass is 10.1. The summed E-state index contributed by atoms with van der Waals surface area (Å²) in [5.74, 6) is 1.73. The molecule has 0 saturated carbocycles. The Labute approximate surface area is 112 Å². The molecule has 18 heavy (non-hydrogen) atoms. The van der Waals surface area contributed by atoms with E-state index in [0.717, 1.165) is 0 Å². The van der Waals surface area contributed by atoms with Crippen LogP contribution in [-0.2, 0) is 0 Å². The Balaban J connectivity index is 2.65. The molecule has 0 aromatic carbocycles. The molecule has 0 aliphatic rings. The molecule has 5 nitrogen and oxygen atoms in total. The average molecular weight is 271 g/mol. The molecule has 0 spiro atoms. The number of thioether (sulfide) groups is 1. The zero-order valence-corrected chi connectivity index (χ0v) is 11.9. The predicted octanol–water partition coefficient (Wildman–Crippen LogP) is 1.59. The van der Waals surface area contributed by atoms with Gasteiger partial charge in [-0.2, -0.15) is 16.7 Å². The highest BCUT2D eigenvalue weighted by Gasteiger charge is 2.19. The van der Waals surface area contributed by atoms with Crippen LogP contribution in [0.4, 0.5) is 11.5 Å². The minimum absolute atomic E-state index is 0.423. The van der Waals surface area contributed by atoms with Gasteiger partial charge in [0.15, 0.2) is 0 Å². The summed E-state index contributed by atoms with van der Waals surface area (Å²) in [6, 6.07) is 3.51. The Kier molecular flexibility index (Phi) is 5.55. The van der Waals surface area contributed by atoms with Crippen molar-refractivity contribution in [1.82, 2.24) is 4.98 Å². The predicted molar refractivity (Wildman–Crippen MR) is 77.3 cm³/mol. The molecule has 0 saturated heterocycles. The first-order chi connectivity index (χ1) is 8.48. The fourth-order valence-electron chi connectivity index (χ4n) is 1.44. The molecule has 0 fully saturated rings. The summed E-state index contributed by atoms with van der Waals surface area (Å²) >= 11 is 1.60. The molecule has 0 aliphatic heterocycles. The molecule has 102 valence electrons. The Morgan fingerprint density at radius 3 is 2.89 bits per heavy atom. The summed E-state index contributed by atoms with van der Waals surface area (Å²) in [4.78, 5) is 4.25. The molecule has 1 unspecified atom stereocenters. The van der Waals surface area contributed by atoms with Crippen molar-refractivity contribution >= 4 is 23.3 Å². The third-order valence-electron chi connectivity index (χ3n) is 2.28. The molecule has 1 atom stereocenters. The Hall–Kier alpha value is -1.14. The molecule has 1 rings (SSSR count). The van der Waals surface area contributed by atoms with Gasteiger partial charge in [0.25, 0.3) is 0 Å². The van der Waals surface area contributed by atoms with Gasteiger partial charge in [0.1, 0.15) is 5.82 Å². The first-order valence-electron chi connectivity index (χ1n) is 5.83. The lowest BCUT2D eigenvalue weighted by Gasteiger charge is -2.23. The van der Waals surface area contributed by atoms with Crippen molar-refractivity contribution in [3.8, 4) is 5.88 Å². The number of hydrogen-bond acceptors (Lipinski definition) is 6. The van der Waals surface area contributed by atoms with E-state index in [2.05, 4.69) is 10.3 Å². The molecular weight excluding hydrogens is 250 g/mol. The van der Waals surface area contributed by atoms with Gasteiger partial charge in [-0.3, -0.25) is 0 Å². The molecule has 0 aliphatic carbocycles. The fraction of sp³-hybridized carbons (Fsp3) is 0.583. The average Bonchev–Trinajstić information content (AvgIpc) is 2.30. The van der Waals surface area contributed by atoms with Crippen molar-refractivity contribution in [2.24, 2.45) is 0 Å². The monoisotopic (exact) mass is 271 g/mol. The first-order valence-corrected chi connectivity index (χ1v) is 7.22. The van der Waals surface area contributed by atoms with E-state index in [9.17, 15) is 5.11 Å². The highest BCUT2D eigenvalue weighted by atomic mass is 32.2. The number of nitrogens with one attached hydrogen (secondary N) is 1. The molecule has 0 radical (unpaired) electrons. The van der Waals surface area contributed by atoms with Crippen LogP contribution in [0.1, 0.15) is 13.8 Å². The van der Waals surface area contributed by atoms with Gasteiger partial charge in [-0.15, -0.1) is 0 Å². The van der Waals surface area contributed by atoms with E-state index >= 15 is 0 Å². The summed E-state index contributed by atoms with van der Waals surface area (Å²) in [5.41, 5.74) is 5.48. The van der Waals surface area contributed by atoms with Crippen molar-refractivity contribution in [3.63, 3.8) is 0 Å². The van der Waals surface area contributed by atoms with Crippen molar-refractivity contribution in [2.75, 3.05) is 36.2 Å². The maximum Gasteiger partial charge on any atom is 0.239 e. The van der Waals surface area contributed by atoms with Crippen LogP contribution in [0.3, 0.4) is 0 Å². The number of aliphatic hydroxyl groups is 1. The van der Waals surface area contributed by atoms with Crippen LogP contribution in [0.5, 0.6) is 5.88 Å². The van der Waals surface area contributed by atoms with E-state index in [1.807, 2.05) is 13.2 Å². The Morgan fingerprint density at radius 1 is 1.56 bits per heavy atom. The van der Waals surface area contributed by atoms with Gasteiger partial charge in [-0.05, 0) is 32.2 Å². The molecule has 4 N–H and O–H groups in total. The smallest absolute Gasteiger partial charge is 0.239 e. The minimum atomic E-state index is -0.770. The number of pyridine rings is 1. The van der Waals surface area contributed by atoms with Crippen LogP contribution < -0.4 is 15.8 Å². The van der Waals surface area contributed by atoms with Gasteiger partial charge >= 0.3 is 0 Å². The maximum atomic E-state index is 10.0. The molecule has 1 aromatic heterocycles. The number of nitrogens with two attached hydrogens (primary N) is 1. The summed E-state index contributed by atoms with van der Waals surface area (Å²) in [6.07, 6.45) is 1.96. The number of nitrogens with zero attached hydrogens (tertiary/aromatic N) is 1. The fourth-order valence-corrected chi connectivity index (χ4v) is 2.17. The van der Waals surface area contributed by atoms with Gasteiger partial charge in [-0.1, -0.05) is 0 Å². The summed E-state index contributed by atoms with van der Waals surface area (Å²) in [7, 11) is 0. The summed E-state index contributed by atoms with van der Waals surface area (Å²) in [5, 5.41) is 13.1. The second-order valence-electron chi connectivity index (χ2n) is 4.31. The number of nitrogen functional groups attached to an aromatic ring is 1. The van der Waals surface area contributed by atoms with Gasteiger partial charge in [0, 0.05) is 12.3 Å². The van der Waals surface area contributed by atoms with Crippen LogP contribution >= 0.6 is 11.8 Å². The topological polar surface area (TPSA) is 80.4 Å². The largest absolute Gasteiger partial charge is 0.476 e. The van der Waals surface area contributed by atoms with Gasteiger partial charge in [0.05, 0.1) is 17.9 Å². The number of ether oxygens (including phenoxy) is 1. The summed E-state index contributed by atoms with van der Waals surface area (Å²) in [6.45, 7) is 4.61. The van der Waals surface area contributed by atoms with Crippen molar-refractivity contribution < 1.29 is 9.84 Å². The highest BCUT2D eigenvalue weighted by Crippen LogP contribution is 2.21. The quantitative estimate of drug-likeness (QED) is 0.699. The molecule has 0 bridgehead atoms. The second-order valence-corrected chi connectivity index (χ2v) is 5.17. The van der Waals surface area contributed by atoms with E-state index < -0.39 is 5.60 Å². The maximum absolute atomic E-state index is 10.0. The first kappa shape index (κ1) is 14.9. The third-order valence-corrected chi connectivity index (χ3v) is 3.19. The number of hydrogen-bond donors (Lipinski definition) is 3. The zero-order valence-electron chi connectivity index (χ0n) is 11.1. The Bertz CT molecular complexity index is 386. The highest BCUT2D eigenvalue weighted by molar-refractivity contribution is 7.98. The van der Waals surface area contributed by atoms with Gasteiger partial charge in [-0.25, -0.2) is 0 Å². The van der Waals surface area contributed by atoms with E-state index in [1.54, 1.807) is 30.8 Å². The molecular formula is C12H21N3O2S. The van der Waals surface area contributed by atoms with E-state index in [1.165, 1.54) is 0 Å². The SMILES string of the molecule is CCOc1nc(NCC(C)(O)CSC)ccc1N. The van der Waals surface area contributed by atoms with Crippen LogP contribution in [0.25, 0.3) is 0 Å². The number of anilines is 2. The van der Waals surface area contributed by atoms with Crippen LogP contribution in [0.15, 0.2) is 12.1 Å². The van der Waals surface area contributed by atoms with Gasteiger partial charge < -0.3 is 20.9 Å². The second kappa shape index (κ2) is 6.70. The van der Waals surface area contributed by atoms with Crippen molar-refractivity contribution in [3.05, 3.63) is 12.1 Å². The molecule has 0 amide bonds.